The Morgan fingerprint density at radius 3 is 1.47 bits per heavy atom. The fourth-order valence-corrected chi connectivity index (χ4v) is 3.78. The van der Waals surface area contributed by atoms with Crippen molar-refractivity contribution in [3.05, 3.63) is 12.7 Å². The monoisotopic (exact) mass is 258 g/mol. The summed E-state index contributed by atoms with van der Waals surface area (Å²) in [6.45, 7) is 20.8. The summed E-state index contributed by atoms with van der Waals surface area (Å²) < 4.78 is 12.4. The lowest BCUT2D eigenvalue weighted by atomic mass is 10.1. The van der Waals surface area contributed by atoms with Gasteiger partial charge in [-0.3, -0.25) is 0 Å². The first-order chi connectivity index (χ1) is 7.37. The normalized spacial score (nSPS) is 14.2. The fraction of sp³-hybridized carbons (Fsp3) is 0.857. The zero-order chi connectivity index (χ0) is 13.9. The fourth-order valence-electron chi connectivity index (χ4n) is 1.45. The van der Waals surface area contributed by atoms with E-state index in [0.29, 0.717) is 0 Å². The molecule has 0 N–H and O–H groups in total. The maximum absolute atomic E-state index is 6.20. The lowest BCUT2D eigenvalue weighted by Gasteiger charge is -2.39. The first kappa shape index (κ1) is 16.9. The molecule has 0 aliphatic carbocycles. The quantitative estimate of drug-likeness (QED) is 0.544. The van der Waals surface area contributed by atoms with E-state index in [1.165, 1.54) is 0 Å². The lowest BCUT2D eigenvalue weighted by molar-refractivity contribution is 0.0227. The third-order valence-corrected chi connectivity index (χ3v) is 5.58. The van der Waals surface area contributed by atoms with E-state index < -0.39 is 9.28 Å². The zero-order valence-corrected chi connectivity index (χ0v) is 14.0. The molecule has 0 atom stereocenters. The standard InChI is InChI=1S/C14H30O2Si/c1-10-11-14(8,9)17(15-12(2,3)4)16-13(5,6)7/h10,17H,1,11H2,2-9H3. The Balaban J connectivity index is 4.90. The van der Waals surface area contributed by atoms with Gasteiger partial charge < -0.3 is 8.85 Å². The van der Waals surface area contributed by atoms with E-state index in [4.69, 9.17) is 8.85 Å². The Kier molecular flexibility index (Phi) is 5.64. The molecule has 0 saturated carbocycles. The molecule has 0 bridgehead atoms. The van der Waals surface area contributed by atoms with Crippen LogP contribution in [-0.2, 0) is 8.85 Å². The number of rotatable bonds is 5. The minimum atomic E-state index is -1.78. The van der Waals surface area contributed by atoms with Gasteiger partial charge in [0.05, 0.1) is 0 Å². The van der Waals surface area contributed by atoms with Crippen molar-refractivity contribution in [1.29, 1.82) is 0 Å². The van der Waals surface area contributed by atoms with Gasteiger partial charge in [0.2, 0.25) is 0 Å². The van der Waals surface area contributed by atoms with Crippen molar-refractivity contribution in [2.45, 2.75) is 78.1 Å². The van der Waals surface area contributed by atoms with E-state index in [1.807, 2.05) is 6.08 Å². The summed E-state index contributed by atoms with van der Waals surface area (Å²) >= 11 is 0. The molecule has 0 heterocycles. The topological polar surface area (TPSA) is 18.5 Å². The molecule has 0 unspecified atom stereocenters. The van der Waals surface area contributed by atoms with Crippen LogP contribution in [-0.4, -0.2) is 20.5 Å². The van der Waals surface area contributed by atoms with E-state index in [-0.39, 0.29) is 16.2 Å². The molecule has 0 aliphatic rings. The Hall–Kier alpha value is -0.123. The molecule has 102 valence electrons. The molecule has 0 spiro atoms. The van der Waals surface area contributed by atoms with E-state index in [2.05, 4.69) is 62.0 Å². The molecular weight excluding hydrogens is 228 g/mol. The number of hydrogen-bond acceptors (Lipinski definition) is 2. The highest BCUT2D eigenvalue weighted by atomic mass is 28.3. The summed E-state index contributed by atoms with van der Waals surface area (Å²) in [5.41, 5.74) is -0.304. The predicted molar refractivity (Wildman–Crippen MR) is 77.7 cm³/mol. The highest BCUT2D eigenvalue weighted by Crippen LogP contribution is 2.37. The maximum Gasteiger partial charge on any atom is 0.328 e. The van der Waals surface area contributed by atoms with Gasteiger partial charge in [0.15, 0.2) is 0 Å². The van der Waals surface area contributed by atoms with Crippen LogP contribution in [0.3, 0.4) is 0 Å². The first-order valence-corrected chi connectivity index (χ1v) is 7.86. The van der Waals surface area contributed by atoms with E-state index in [1.54, 1.807) is 0 Å². The van der Waals surface area contributed by atoms with Gasteiger partial charge >= 0.3 is 9.28 Å². The Morgan fingerprint density at radius 1 is 0.882 bits per heavy atom. The Bertz CT molecular complexity index is 230. The van der Waals surface area contributed by atoms with Crippen LogP contribution in [0, 0.1) is 0 Å². The largest absolute Gasteiger partial charge is 0.391 e. The van der Waals surface area contributed by atoms with Crippen molar-refractivity contribution in [3.63, 3.8) is 0 Å². The lowest BCUT2D eigenvalue weighted by Crippen LogP contribution is -2.45. The van der Waals surface area contributed by atoms with Crippen LogP contribution in [0.15, 0.2) is 12.7 Å². The van der Waals surface area contributed by atoms with Crippen LogP contribution >= 0.6 is 0 Å². The molecule has 3 heteroatoms. The van der Waals surface area contributed by atoms with Gasteiger partial charge in [-0.05, 0) is 48.0 Å². The predicted octanol–water partition coefficient (Wildman–Crippen LogP) is 4.19. The smallest absolute Gasteiger partial charge is 0.328 e. The van der Waals surface area contributed by atoms with Crippen molar-refractivity contribution in [1.82, 2.24) is 0 Å². The van der Waals surface area contributed by atoms with Crippen molar-refractivity contribution < 1.29 is 8.85 Å². The van der Waals surface area contributed by atoms with Crippen LogP contribution in [0.4, 0.5) is 0 Å². The molecule has 0 aromatic carbocycles. The third-order valence-electron chi connectivity index (χ3n) is 2.23. The molecular formula is C14H30O2Si. The minimum Gasteiger partial charge on any atom is -0.391 e. The summed E-state index contributed by atoms with van der Waals surface area (Å²) in [6.07, 6.45) is 2.88. The van der Waals surface area contributed by atoms with Gasteiger partial charge in [0.25, 0.3) is 0 Å². The average molecular weight is 258 g/mol. The van der Waals surface area contributed by atoms with Gasteiger partial charge in [0, 0.05) is 16.2 Å². The summed E-state index contributed by atoms with van der Waals surface area (Å²) in [5.74, 6) is 0. The molecule has 17 heavy (non-hydrogen) atoms. The van der Waals surface area contributed by atoms with Crippen molar-refractivity contribution in [2.75, 3.05) is 0 Å². The SMILES string of the molecule is C=CCC(C)(C)[SiH](OC(C)(C)C)OC(C)(C)C. The molecule has 0 aromatic heterocycles. The average Bonchev–Trinajstić information content (AvgIpc) is 1.96. The number of allylic oxidation sites excluding steroid dienone is 1. The molecule has 0 saturated heterocycles. The van der Waals surface area contributed by atoms with Crippen LogP contribution in [0.1, 0.15) is 61.8 Å². The van der Waals surface area contributed by atoms with Crippen LogP contribution < -0.4 is 0 Å². The molecule has 0 aliphatic heterocycles. The first-order valence-electron chi connectivity index (χ1n) is 6.34. The molecule has 0 radical (unpaired) electrons. The highest BCUT2D eigenvalue weighted by Gasteiger charge is 2.39. The Morgan fingerprint density at radius 2 is 1.24 bits per heavy atom. The van der Waals surface area contributed by atoms with Crippen molar-refractivity contribution in [2.24, 2.45) is 0 Å². The van der Waals surface area contributed by atoms with Crippen LogP contribution in [0.2, 0.25) is 5.04 Å². The van der Waals surface area contributed by atoms with E-state index in [0.717, 1.165) is 6.42 Å². The third kappa shape index (κ3) is 7.74. The van der Waals surface area contributed by atoms with Crippen molar-refractivity contribution >= 4 is 9.28 Å². The second kappa shape index (κ2) is 5.68. The van der Waals surface area contributed by atoms with Gasteiger partial charge in [-0.1, -0.05) is 19.9 Å². The molecule has 0 rings (SSSR count). The highest BCUT2D eigenvalue weighted by molar-refractivity contribution is 6.48. The second-order valence-corrected chi connectivity index (χ2v) is 9.97. The number of hydrogen-bond donors (Lipinski definition) is 0. The zero-order valence-electron chi connectivity index (χ0n) is 12.9. The van der Waals surface area contributed by atoms with Crippen molar-refractivity contribution in [3.8, 4) is 0 Å². The van der Waals surface area contributed by atoms with Gasteiger partial charge in [-0.15, -0.1) is 6.58 Å². The van der Waals surface area contributed by atoms with E-state index in [9.17, 15) is 0 Å². The maximum atomic E-state index is 6.20. The molecule has 0 amide bonds. The Labute approximate surface area is 109 Å². The summed E-state index contributed by atoms with van der Waals surface area (Å²) in [4.78, 5) is 0. The van der Waals surface area contributed by atoms with Gasteiger partial charge in [0.1, 0.15) is 0 Å². The van der Waals surface area contributed by atoms with Crippen LogP contribution in [0.5, 0.6) is 0 Å². The minimum absolute atomic E-state index is 0.0578. The molecule has 0 fully saturated rings. The summed E-state index contributed by atoms with van der Waals surface area (Å²) in [7, 11) is -1.78. The van der Waals surface area contributed by atoms with E-state index >= 15 is 0 Å². The molecule has 2 nitrogen and oxygen atoms in total. The summed E-state index contributed by atoms with van der Waals surface area (Å²) in [5, 5.41) is 0.0578. The summed E-state index contributed by atoms with van der Waals surface area (Å²) in [6, 6.07) is 0. The van der Waals surface area contributed by atoms with Crippen LogP contribution in [0.25, 0.3) is 0 Å². The van der Waals surface area contributed by atoms with Gasteiger partial charge in [-0.25, -0.2) is 0 Å². The van der Waals surface area contributed by atoms with Gasteiger partial charge in [-0.2, -0.15) is 0 Å². The second-order valence-electron chi connectivity index (χ2n) is 7.27. The molecule has 0 aromatic rings.